The van der Waals surface area contributed by atoms with Crippen molar-refractivity contribution in [2.45, 2.75) is 24.8 Å². The molecule has 3 fully saturated rings. The molecule has 4 aliphatic heterocycles. The topological polar surface area (TPSA) is 43.1 Å². The molecule has 1 aromatic carbocycles. The minimum absolute atomic E-state index is 0.258. The maximum absolute atomic E-state index is 6.07. The summed E-state index contributed by atoms with van der Waals surface area (Å²) < 4.78 is 0. The van der Waals surface area contributed by atoms with Crippen LogP contribution in [0.25, 0.3) is 10.9 Å². The number of hydrogen-bond acceptors (Lipinski definition) is 3. The van der Waals surface area contributed by atoms with Gasteiger partial charge in [-0.3, -0.25) is 0 Å². The van der Waals surface area contributed by atoms with Crippen molar-refractivity contribution in [3.05, 3.63) is 41.2 Å². The SMILES string of the molecule is Clc1ccc2[nH]c(NC3=CC[C@@]4(CN5CCC4CC5)N3)cc2c1. The van der Waals surface area contributed by atoms with Crippen molar-refractivity contribution in [3.63, 3.8) is 0 Å². The van der Waals surface area contributed by atoms with Gasteiger partial charge in [0.05, 0.1) is 5.54 Å². The van der Waals surface area contributed by atoms with Crippen LogP contribution >= 0.6 is 11.6 Å². The maximum Gasteiger partial charge on any atom is 0.109 e. The summed E-state index contributed by atoms with van der Waals surface area (Å²) in [6.45, 7) is 3.74. The largest absolute Gasteiger partial charge is 0.365 e. The van der Waals surface area contributed by atoms with Gasteiger partial charge in [-0.1, -0.05) is 11.6 Å². The Morgan fingerprint density at radius 3 is 2.87 bits per heavy atom. The Labute approximate surface area is 140 Å². The van der Waals surface area contributed by atoms with E-state index in [2.05, 4.69) is 32.7 Å². The summed E-state index contributed by atoms with van der Waals surface area (Å²) in [6, 6.07) is 8.04. The Kier molecular flexibility index (Phi) is 2.94. The molecule has 3 saturated heterocycles. The summed E-state index contributed by atoms with van der Waals surface area (Å²) in [4.78, 5) is 6.02. The van der Waals surface area contributed by atoms with E-state index in [0.29, 0.717) is 0 Å². The zero-order chi connectivity index (χ0) is 15.4. The number of nitrogens with one attached hydrogen (secondary N) is 3. The molecule has 5 heterocycles. The highest BCUT2D eigenvalue weighted by Gasteiger charge is 2.48. The van der Waals surface area contributed by atoms with E-state index in [1.807, 2.05) is 18.2 Å². The van der Waals surface area contributed by atoms with Crippen LogP contribution in [-0.4, -0.2) is 35.1 Å². The highest BCUT2D eigenvalue weighted by atomic mass is 35.5. The molecule has 0 unspecified atom stereocenters. The molecule has 0 aliphatic carbocycles. The summed E-state index contributed by atoms with van der Waals surface area (Å²) in [5.74, 6) is 2.96. The fourth-order valence-corrected chi connectivity index (χ4v) is 4.78. The number of nitrogens with zero attached hydrogens (tertiary/aromatic N) is 1. The van der Waals surface area contributed by atoms with E-state index in [1.54, 1.807) is 0 Å². The van der Waals surface area contributed by atoms with Gasteiger partial charge in [0.15, 0.2) is 0 Å². The van der Waals surface area contributed by atoms with Gasteiger partial charge in [-0.05, 0) is 68.6 Å². The van der Waals surface area contributed by atoms with Crippen LogP contribution in [0.15, 0.2) is 36.2 Å². The predicted octanol–water partition coefficient (Wildman–Crippen LogP) is 3.53. The highest BCUT2D eigenvalue weighted by molar-refractivity contribution is 6.31. The Bertz CT molecular complexity index is 787. The molecule has 4 nitrogen and oxygen atoms in total. The van der Waals surface area contributed by atoms with Crippen LogP contribution < -0.4 is 10.6 Å². The third-order valence-electron chi connectivity index (χ3n) is 5.78. The van der Waals surface area contributed by atoms with Crippen LogP contribution in [0.5, 0.6) is 0 Å². The molecule has 1 atom stereocenters. The molecular formula is C18H21ClN4. The highest BCUT2D eigenvalue weighted by Crippen LogP contribution is 2.41. The average molecular weight is 329 g/mol. The third-order valence-corrected chi connectivity index (χ3v) is 6.02. The molecule has 6 rings (SSSR count). The van der Waals surface area contributed by atoms with Crippen LogP contribution in [0.3, 0.4) is 0 Å². The molecule has 1 aromatic heterocycles. The van der Waals surface area contributed by atoms with Crippen LogP contribution in [0.1, 0.15) is 19.3 Å². The first-order valence-corrected chi connectivity index (χ1v) is 8.84. The summed E-state index contributed by atoms with van der Waals surface area (Å²) >= 11 is 6.07. The molecule has 0 radical (unpaired) electrons. The number of H-pyrrole nitrogens is 1. The van der Waals surface area contributed by atoms with E-state index in [1.165, 1.54) is 32.5 Å². The van der Waals surface area contributed by atoms with Crippen LogP contribution in [0, 0.1) is 5.92 Å². The second-order valence-electron chi connectivity index (χ2n) is 7.19. The minimum atomic E-state index is 0.258. The van der Waals surface area contributed by atoms with E-state index < -0.39 is 0 Å². The van der Waals surface area contributed by atoms with E-state index in [-0.39, 0.29) is 5.54 Å². The van der Waals surface area contributed by atoms with E-state index in [4.69, 9.17) is 11.6 Å². The molecule has 1 spiro atoms. The lowest BCUT2D eigenvalue weighted by Crippen LogP contribution is -2.64. The number of hydrogen-bond donors (Lipinski definition) is 3. The quantitative estimate of drug-likeness (QED) is 0.790. The summed E-state index contributed by atoms with van der Waals surface area (Å²) in [5.41, 5.74) is 1.36. The number of halogens is 1. The maximum atomic E-state index is 6.07. The number of anilines is 1. The van der Waals surface area contributed by atoms with Crippen LogP contribution in [0.2, 0.25) is 5.02 Å². The van der Waals surface area contributed by atoms with Crippen molar-refractivity contribution in [3.8, 4) is 0 Å². The Morgan fingerprint density at radius 1 is 1.22 bits per heavy atom. The lowest BCUT2D eigenvalue weighted by Gasteiger charge is -2.52. The summed E-state index contributed by atoms with van der Waals surface area (Å²) in [5, 5.41) is 9.22. The lowest BCUT2D eigenvalue weighted by atomic mass is 9.72. The van der Waals surface area contributed by atoms with Crippen molar-refractivity contribution in [1.82, 2.24) is 15.2 Å². The van der Waals surface area contributed by atoms with Gasteiger partial charge >= 0.3 is 0 Å². The summed E-state index contributed by atoms with van der Waals surface area (Å²) in [6.07, 6.45) is 6.11. The van der Waals surface area contributed by atoms with Gasteiger partial charge in [0.2, 0.25) is 0 Å². The minimum Gasteiger partial charge on any atom is -0.365 e. The normalized spacial score (nSPS) is 32.3. The Hall–Kier alpha value is -1.65. The standard InChI is InChI=1S/C18H21ClN4/c19-14-1-2-15-12(9-14)10-17(20-15)21-16-3-6-18(22-16)11-23-7-4-13(18)5-8-23/h1-3,9-10,13,20-22H,4-8,11H2/t18-/m0/s1. The van der Waals surface area contributed by atoms with Gasteiger partial charge in [0.1, 0.15) is 11.6 Å². The van der Waals surface area contributed by atoms with Gasteiger partial charge in [0.25, 0.3) is 0 Å². The van der Waals surface area contributed by atoms with Crippen LogP contribution in [-0.2, 0) is 0 Å². The van der Waals surface area contributed by atoms with Gasteiger partial charge in [-0.2, -0.15) is 0 Å². The molecule has 23 heavy (non-hydrogen) atoms. The molecule has 2 aromatic rings. The Morgan fingerprint density at radius 2 is 2.09 bits per heavy atom. The van der Waals surface area contributed by atoms with Gasteiger partial charge in [0, 0.05) is 22.5 Å². The second-order valence-corrected chi connectivity index (χ2v) is 7.63. The number of piperidine rings is 3. The zero-order valence-electron chi connectivity index (χ0n) is 13.0. The number of benzene rings is 1. The molecule has 3 N–H and O–H groups in total. The van der Waals surface area contributed by atoms with E-state index in [9.17, 15) is 0 Å². The molecule has 0 amide bonds. The fraction of sp³-hybridized carbons (Fsp3) is 0.444. The van der Waals surface area contributed by atoms with Crippen molar-refractivity contribution < 1.29 is 0 Å². The molecule has 2 bridgehead atoms. The van der Waals surface area contributed by atoms with Crippen molar-refractivity contribution in [2.75, 3.05) is 25.0 Å². The molecular weight excluding hydrogens is 308 g/mol. The fourth-order valence-electron chi connectivity index (χ4n) is 4.60. The van der Waals surface area contributed by atoms with E-state index >= 15 is 0 Å². The smallest absolute Gasteiger partial charge is 0.109 e. The number of aromatic nitrogens is 1. The predicted molar refractivity (Wildman–Crippen MR) is 94.7 cm³/mol. The first-order valence-electron chi connectivity index (χ1n) is 8.46. The van der Waals surface area contributed by atoms with Gasteiger partial charge < -0.3 is 20.5 Å². The molecule has 0 saturated carbocycles. The van der Waals surface area contributed by atoms with Crippen LogP contribution in [0.4, 0.5) is 5.82 Å². The summed E-state index contributed by atoms with van der Waals surface area (Å²) in [7, 11) is 0. The molecule has 4 aliphatic rings. The third kappa shape index (κ3) is 2.24. The first kappa shape index (κ1) is 13.8. The second kappa shape index (κ2) is 4.92. The molecule has 5 heteroatoms. The van der Waals surface area contributed by atoms with Crippen molar-refractivity contribution >= 4 is 28.3 Å². The van der Waals surface area contributed by atoms with Crippen molar-refractivity contribution in [1.29, 1.82) is 0 Å². The monoisotopic (exact) mass is 328 g/mol. The number of aromatic amines is 1. The molecule has 120 valence electrons. The lowest BCUT2D eigenvalue weighted by molar-refractivity contribution is 0.0189. The number of rotatable bonds is 2. The first-order chi connectivity index (χ1) is 11.2. The Balaban J connectivity index is 1.35. The zero-order valence-corrected chi connectivity index (χ0v) is 13.8. The van der Waals surface area contributed by atoms with Gasteiger partial charge in [-0.15, -0.1) is 0 Å². The average Bonchev–Trinajstić information content (AvgIpc) is 3.12. The number of fused-ring (bicyclic) bond motifs is 3. The van der Waals surface area contributed by atoms with E-state index in [0.717, 1.165) is 39.9 Å². The van der Waals surface area contributed by atoms with Crippen molar-refractivity contribution in [2.24, 2.45) is 5.92 Å². The van der Waals surface area contributed by atoms with Gasteiger partial charge in [-0.25, -0.2) is 0 Å².